The van der Waals surface area contributed by atoms with Crippen molar-refractivity contribution in [2.45, 2.75) is 142 Å². The molecular formula is C51H74N5O12P. The van der Waals surface area contributed by atoms with Gasteiger partial charge in [-0.05, 0) is 122 Å². The molecular weight excluding hydrogens is 906 g/mol. The van der Waals surface area contributed by atoms with Gasteiger partial charge in [-0.3, -0.25) is 28.5 Å². The van der Waals surface area contributed by atoms with Crippen LogP contribution < -0.4 is 21.7 Å². The topological polar surface area (TPSA) is 231 Å². The maximum atomic E-state index is 14.7. The molecule has 0 aliphatic carbocycles. The SMILES string of the molecule is COCCOC(=O)N1CCC(NC(=O)[C@H](CC(=O)OC(C)(C)C)Cc2ccc(CP(=O)(OC(C)(C)C)OC(C)(C)C)cc2)(C(=O)N[C@@H](CC(N)=O)C(=O)NCCCc2cccc3ccccc23)CC1. The number of likely N-dealkylation sites (tertiary alicyclic amines) is 1. The Bertz CT molecular complexity index is 2270. The summed E-state index contributed by atoms with van der Waals surface area (Å²) in [6.07, 6.45) is -0.516. The number of ether oxygens (including phenoxy) is 3. The molecule has 5 amide bonds. The minimum absolute atomic E-state index is 0.00206. The normalized spacial score (nSPS) is 15.1. The van der Waals surface area contributed by atoms with Crippen molar-refractivity contribution in [1.29, 1.82) is 0 Å². The lowest BCUT2D eigenvalue weighted by atomic mass is 9.84. The molecule has 1 fully saturated rings. The fourth-order valence-electron chi connectivity index (χ4n) is 8.00. The van der Waals surface area contributed by atoms with E-state index in [2.05, 4.69) is 16.0 Å². The number of piperidine rings is 1. The summed E-state index contributed by atoms with van der Waals surface area (Å²) >= 11 is 0. The average molecular weight is 980 g/mol. The van der Waals surface area contributed by atoms with E-state index in [1.54, 1.807) is 86.6 Å². The van der Waals surface area contributed by atoms with Gasteiger partial charge in [0.2, 0.25) is 23.6 Å². The van der Waals surface area contributed by atoms with E-state index < -0.39 is 84.0 Å². The zero-order valence-electron chi connectivity index (χ0n) is 42.1. The highest BCUT2D eigenvalue weighted by atomic mass is 31.2. The van der Waals surface area contributed by atoms with Crippen LogP contribution in [-0.4, -0.2) is 109 Å². The highest BCUT2D eigenvalue weighted by Gasteiger charge is 2.46. The molecule has 3 aromatic carbocycles. The van der Waals surface area contributed by atoms with Gasteiger partial charge >= 0.3 is 19.7 Å². The second-order valence-electron chi connectivity index (χ2n) is 20.6. The van der Waals surface area contributed by atoms with Crippen molar-refractivity contribution in [2.24, 2.45) is 11.7 Å². The number of primary amides is 1. The van der Waals surface area contributed by atoms with Crippen molar-refractivity contribution in [3.63, 3.8) is 0 Å². The second-order valence-corrected chi connectivity index (χ2v) is 22.5. The fourth-order valence-corrected chi connectivity index (χ4v) is 10.5. The summed E-state index contributed by atoms with van der Waals surface area (Å²) < 4.78 is 42.0. The maximum absolute atomic E-state index is 14.7. The highest BCUT2D eigenvalue weighted by molar-refractivity contribution is 7.53. The average Bonchev–Trinajstić information content (AvgIpc) is 3.23. The largest absolute Gasteiger partial charge is 0.460 e. The van der Waals surface area contributed by atoms with Crippen LogP contribution in [-0.2, 0) is 70.8 Å². The van der Waals surface area contributed by atoms with Gasteiger partial charge in [0.05, 0.1) is 42.7 Å². The van der Waals surface area contributed by atoms with Gasteiger partial charge in [0.15, 0.2) is 0 Å². The lowest BCUT2D eigenvalue weighted by Gasteiger charge is -2.41. The van der Waals surface area contributed by atoms with E-state index in [1.165, 1.54) is 12.0 Å². The number of nitrogens with two attached hydrogens (primary N) is 1. The van der Waals surface area contributed by atoms with Crippen LogP contribution in [0.2, 0.25) is 0 Å². The molecule has 1 aliphatic heterocycles. The van der Waals surface area contributed by atoms with Crippen molar-refractivity contribution in [1.82, 2.24) is 20.9 Å². The lowest BCUT2D eigenvalue weighted by molar-refractivity contribution is -0.157. The van der Waals surface area contributed by atoms with Gasteiger partial charge in [-0.15, -0.1) is 0 Å². The van der Waals surface area contributed by atoms with Crippen LogP contribution in [0.25, 0.3) is 10.8 Å². The summed E-state index contributed by atoms with van der Waals surface area (Å²) in [5.74, 6) is -4.64. The van der Waals surface area contributed by atoms with E-state index in [-0.39, 0.29) is 64.7 Å². The Morgan fingerprint density at radius 3 is 1.97 bits per heavy atom. The van der Waals surface area contributed by atoms with Gasteiger partial charge < -0.3 is 49.8 Å². The third-order valence-electron chi connectivity index (χ3n) is 10.9. The number of carbonyl (C=O) groups is 6. The summed E-state index contributed by atoms with van der Waals surface area (Å²) in [6, 6.07) is 19.7. The van der Waals surface area contributed by atoms with Crippen molar-refractivity contribution in [2.75, 3.05) is 40.0 Å². The first-order valence-corrected chi connectivity index (χ1v) is 25.3. The molecule has 380 valence electrons. The molecule has 1 aliphatic rings. The van der Waals surface area contributed by atoms with Gasteiger partial charge in [0, 0.05) is 26.7 Å². The quantitative estimate of drug-likeness (QED) is 0.0458. The Morgan fingerprint density at radius 1 is 0.768 bits per heavy atom. The molecule has 2 atom stereocenters. The first-order chi connectivity index (χ1) is 32.2. The Hall–Kier alpha value is -5.35. The molecule has 0 saturated carbocycles. The fraction of sp³-hybridized carbons (Fsp3) is 0.569. The van der Waals surface area contributed by atoms with Gasteiger partial charge in [0.25, 0.3) is 0 Å². The number of nitrogens with zero attached hydrogens (tertiary/aromatic N) is 1. The van der Waals surface area contributed by atoms with E-state index in [0.717, 1.165) is 16.3 Å². The van der Waals surface area contributed by atoms with Crippen molar-refractivity contribution >= 4 is 54.1 Å². The molecule has 1 heterocycles. The molecule has 5 N–H and O–H groups in total. The third kappa shape index (κ3) is 18.8. The molecule has 0 spiro atoms. The van der Waals surface area contributed by atoms with Crippen LogP contribution in [0.15, 0.2) is 66.7 Å². The highest BCUT2D eigenvalue weighted by Crippen LogP contribution is 2.57. The summed E-state index contributed by atoms with van der Waals surface area (Å²) in [5, 5.41) is 10.7. The molecule has 0 radical (unpaired) electrons. The Morgan fingerprint density at radius 2 is 1.38 bits per heavy atom. The van der Waals surface area contributed by atoms with Crippen molar-refractivity contribution in [3.05, 3.63) is 83.4 Å². The summed E-state index contributed by atoms with van der Waals surface area (Å²) in [7, 11) is -2.17. The Labute approximate surface area is 407 Å². The monoisotopic (exact) mass is 980 g/mol. The summed E-state index contributed by atoms with van der Waals surface area (Å²) in [5.41, 5.74) is 3.92. The zero-order valence-corrected chi connectivity index (χ0v) is 43.0. The molecule has 17 nitrogen and oxygen atoms in total. The molecule has 1 saturated heterocycles. The van der Waals surface area contributed by atoms with Crippen LogP contribution in [0.1, 0.15) is 111 Å². The molecule has 0 bridgehead atoms. The molecule has 3 aromatic rings. The van der Waals surface area contributed by atoms with Gasteiger partial charge in [0.1, 0.15) is 23.8 Å². The maximum Gasteiger partial charge on any atom is 0.409 e. The minimum Gasteiger partial charge on any atom is -0.460 e. The van der Waals surface area contributed by atoms with E-state index in [1.807, 2.05) is 42.5 Å². The van der Waals surface area contributed by atoms with Crippen LogP contribution in [0.3, 0.4) is 0 Å². The molecule has 0 unspecified atom stereocenters. The van der Waals surface area contributed by atoms with E-state index in [9.17, 15) is 33.3 Å². The zero-order chi connectivity index (χ0) is 51.2. The molecule has 18 heteroatoms. The number of nitrogens with one attached hydrogen (secondary N) is 3. The number of benzene rings is 3. The number of carbonyl (C=O) groups excluding carboxylic acids is 6. The Balaban J connectivity index is 1.59. The molecule has 4 rings (SSSR count). The number of hydrogen-bond donors (Lipinski definition) is 4. The van der Waals surface area contributed by atoms with Gasteiger partial charge in [-0.2, -0.15) is 0 Å². The predicted octanol–water partition coefficient (Wildman–Crippen LogP) is 6.90. The van der Waals surface area contributed by atoms with Crippen LogP contribution in [0.4, 0.5) is 4.79 Å². The van der Waals surface area contributed by atoms with Crippen LogP contribution >= 0.6 is 7.60 Å². The number of methoxy groups -OCH3 is 1. The number of hydrogen-bond acceptors (Lipinski definition) is 12. The van der Waals surface area contributed by atoms with Gasteiger partial charge in [-0.25, -0.2) is 4.79 Å². The van der Waals surface area contributed by atoms with Crippen LogP contribution in [0.5, 0.6) is 0 Å². The Kier molecular flexibility index (Phi) is 19.9. The molecule has 0 aromatic heterocycles. The first-order valence-electron chi connectivity index (χ1n) is 23.6. The van der Waals surface area contributed by atoms with E-state index in [4.69, 9.17) is 29.0 Å². The predicted molar refractivity (Wildman–Crippen MR) is 263 cm³/mol. The number of fused-ring (bicyclic) bond motifs is 1. The summed E-state index contributed by atoms with van der Waals surface area (Å²) in [6.45, 7) is 16.3. The number of rotatable bonds is 22. The smallest absolute Gasteiger partial charge is 0.409 e. The number of amides is 5. The van der Waals surface area contributed by atoms with Gasteiger partial charge in [-0.1, -0.05) is 66.7 Å². The molecule has 69 heavy (non-hydrogen) atoms. The van der Waals surface area contributed by atoms with Crippen LogP contribution in [0, 0.1) is 5.92 Å². The van der Waals surface area contributed by atoms with Crippen molar-refractivity contribution in [3.8, 4) is 0 Å². The third-order valence-corrected chi connectivity index (χ3v) is 13.3. The van der Waals surface area contributed by atoms with Crippen molar-refractivity contribution < 1.29 is 56.6 Å². The second kappa shape index (κ2) is 24.5. The lowest BCUT2D eigenvalue weighted by Crippen LogP contribution is -2.66. The van der Waals surface area contributed by atoms with E-state index >= 15 is 0 Å². The standard InChI is InChI=1S/C51H74N5O12P/c1-48(2,3)66-43(58)32-39(31-35-20-22-36(23-21-35)34-69(63,67-49(4,5)6)68-50(7,8)9)44(59)55-51(24-27-56(28-25-51)47(62)65-30-29-64-10)46(61)54-41(33-42(52)57)45(60)53-26-14-18-38-17-13-16-37-15-11-12-19-40(37)38/h11-13,15-17,19-23,39,41H,14,18,24-34H2,1-10H3,(H2,52,57)(H,53,60)(H,54,61)(H,55,59)/t39-,41-/m0/s1. The summed E-state index contributed by atoms with van der Waals surface area (Å²) in [4.78, 5) is 83.2. The van der Waals surface area contributed by atoms with E-state index in [0.29, 0.717) is 24.0 Å². The number of aryl methyl sites for hydroxylation is 1. The number of esters is 1. The minimum atomic E-state index is -3.64. The first kappa shape index (κ1) is 56.2.